The van der Waals surface area contributed by atoms with E-state index >= 15 is 0 Å². The molecule has 1 fully saturated rings. The van der Waals surface area contributed by atoms with E-state index in [0.29, 0.717) is 6.61 Å². The fourth-order valence-corrected chi connectivity index (χ4v) is 1.17. The van der Waals surface area contributed by atoms with Crippen LogP contribution in [0.5, 0.6) is 0 Å². The molecule has 0 saturated carbocycles. The van der Waals surface area contributed by atoms with Crippen LogP contribution in [0.25, 0.3) is 0 Å². The molecule has 11 heavy (non-hydrogen) atoms. The number of aliphatic hydroxyl groups excluding tert-OH is 1. The van der Waals surface area contributed by atoms with Crippen molar-refractivity contribution >= 4 is 0 Å². The topological polar surface area (TPSA) is 67.5 Å². The van der Waals surface area contributed by atoms with E-state index in [1.54, 1.807) is 6.92 Å². The van der Waals surface area contributed by atoms with Crippen LogP contribution in [0.4, 0.5) is 0 Å². The first-order valence-electron chi connectivity index (χ1n) is 3.96. The summed E-state index contributed by atoms with van der Waals surface area (Å²) in [5, 5.41) is 12.3. The van der Waals surface area contributed by atoms with Crippen LogP contribution in [0, 0.1) is 0 Å². The lowest BCUT2D eigenvalue weighted by Gasteiger charge is -2.30. The summed E-state index contributed by atoms with van der Waals surface area (Å²) in [6.45, 7) is 3.86. The summed E-state index contributed by atoms with van der Waals surface area (Å²) < 4.78 is 5.20. The third-order valence-corrected chi connectivity index (χ3v) is 1.97. The Bertz CT molecular complexity index is 113. The Hall–Kier alpha value is -0.160. The second-order valence-electron chi connectivity index (χ2n) is 2.95. The van der Waals surface area contributed by atoms with Gasteiger partial charge in [-0.05, 0) is 6.92 Å². The number of hydrogen-bond acceptors (Lipinski definition) is 4. The van der Waals surface area contributed by atoms with Crippen molar-refractivity contribution in [2.24, 2.45) is 5.73 Å². The molecule has 0 spiro atoms. The monoisotopic (exact) mass is 160 g/mol. The third-order valence-electron chi connectivity index (χ3n) is 1.97. The van der Waals surface area contributed by atoms with Crippen molar-refractivity contribution in [2.45, 2.75) is 25.1 Å². The molecule has 1 saturated heterocycles. The van der Waals surface area contributed by atoms with Gasteiger partial charge < -0.3 is 20.9 Å². The Balaban J connectivity index is 2.32. The van der Waals surface area contributed by atoms with Crippen LogP contribution in [-0.2, 0) is 4.74 Å². The zero-order chi connectivity index (χ0) is 8.27. The van der Waals surface area contributed by atoms with Crippen LogP contribution < -0.4 is 11.1 Å². The molecule has 0 bridgehead atoms. The fourth-order valence-electron chi connectivity index (χ4n) is 1.17. The van der Waals surface area contributed by atoms with E-state index < -0.39 is 6.10 Å². The minimum absolute atomic E-state index is 0.101. The number of aliphatic hydroxyl groups is 1. The van der Waals surface area contributed by atoms with Crippen molar-refractivity contribution in [2.75, 3.05) is 19.8 Å². The molecule has 0 aromatic heterocycles. The standard InChI is InChI=1S/C7H16N2O2/c1-5(10)7(8)6-4-11-3-2-9-6/h5-7,9-10H,2-4,8H2,1H3. The van der Waals surface area contributed by atoms with Gasteiger partial charge in [-0.3, -0.25) is 0 Å². The van der Waals surface area contributed by atoms with Gasteiger partial charge in [0.15, 0.2) is 0 Å². The first-order valence-corrected chi connectivity index (χ1v) is 3.96. The van der Waals surface area contributed by atoms with Crippen LogP contribution in [0.3, 0.4) is 0 Å². The Labute approximate surface area is 66.7 Å². The summed E-state index contributed by atoms with van der Waals surface area (Å²) in [4.78, 5) is 0. The molecule has 3 unspecified atom stereocenters. The van der Waals surface area contributed by atoms with Gasteiger partial charge in [0.05, 0.1) is 19.3 Å². The molecule has 4 heteroatoms. The van der Waals surface area contributed by atoms with Crippen LogP contribution in [-0.4, -0.2) is 43.1 Å². The maximum atomic E-state index is 9.15. The number of ether oxygens (including phenoxy) is 1. The molecule has 1 aliphatic rings. The van der Waals surface area contributed by atoms with Crippen molar-refractivity contribution in [3.8, 4) is 0 Å². The van der Waals surface area contributed by atoms with Crippen molar-refractivity contribution in [3.63, 3.8) is 0 Å². The summed E-state index contributed by atoms with van der Waals surface area (Å²) in [6, 6.07) is -0.126. The van der Waals surface area contributed by atoms with Crippen molar-refractivity contribution in [3.05, 3.63) is 0 Å². The molecule has 1 rings (SSSR count). The van der Waals surface area contributed by atoms with Crippen molar-refractivity contribution < 1.29 is 9.84 Å². The van der Waals surface area contributed by atoms with Gasteiger partial charge >= 0.3 is 0 Å². The van der Waals surface area contributed by atoms with Gasteiger partial charge in [0.25, 0.3) is 0 Å². The number of morpholine rings is 1. The zero-order valence-electron chi connectivity index (χ0n) is 6.79. The summed E-state index contributed by atoms with van der Waals surface area (Å²) in [7, 11) is 0. The molecule has 0 aromatic carbocycles. The number of hydrogen-bond donors (Lipinski definition) is 3. The van der Waals surface area contributed by atoms with Crippen LogP contribution in [0.1, 0.15) is 6.92 Å². The number of rotatable bonds is 2. The van der Waals surface area contributed by atoms with Gasteiger partial charge in [0.2, 0.25) is 0 Å². The van der Waals surface area contributed by atoms with E-state index in [4.69, 9.17) is 15.6 Å². The molecule has 3 atom stereocenters. The lowest BCUT2D eigenvalue weighted by Crippen LogP contribution is -2.56. The van der Waals surface area contributed by atoms with Crippen molar-refractivity contribution in [1.82, 2.24) is 5.32 Å². The SMILES string of the molecule is CC(O)C(N)C1COCCN1. The normalized spacial score (nSPS) is 31.4. The van der Waals surface area contributed by atoms with Gasteiger partial charge in [-0.1, -0.05) is 0 Å². The minimum atomic E-state index is -0.478. The lowest BCUT2D eigenvalue weighted by molar-refractivity contribution is 0.0441. The van der Waals surface area contributed by atoms with Crippen LogP contribution in [0.2, 0.25) is 0 Å². The predicted octanol–water partition coefficient (Wildman–Crippen LogP) is -1.32. The van der Waals surface area contributed by atoms with E-state index in [2.05, 4.69) is 5.32 Å². The van der Waals surface area contributed by atoms with Crippen molar-refractivity contribution in [1.29, 1.82) is 0 Å². The highest BCUT2D eigenvalue weighted by molar-refractivity contribution is 4.84. The summed E-state index contributed by atoms with van der Waals surface area (Å²) in [5.74, 6) is 0. The van der Waals surface area contributed by atoms with E-state index in [0.717, 1.165) is 13.2 Å². The Kier molecular flexibility index (Phi) is 3.26. The van der Waals surface area contributed by atoms with Gasteiger partial charge in [0.1, 0.15) is 0 Å². The second-order valence-corrected chi connectivity index (χ2v) is 2.95. The van der Waals surface area contributed by atoms with Crippen LogP contribution >= 0.6 is 0 Å². The molecule has 1 aliphatic heterocycles. The molecular formula is C7H16N2O2. The first kappa shape index (κ1) is 8.93. The fraction of sp³-hybridized carbons (Fsp3) is 1.00. The average molecular weight is 160 g/mol. The highest BCUT2D eigenvalue weighted by Crippen LogP contribution is 2.00. The highest BCUT2D eigenvalue weighted by atomic mass is 16.5. The number of nitrogens with two attached hydrogens (primary N) is 1. The van der Waals surface area contributed by atoms with Gasteiger partial charge in [-0.25, -0.2) is 0 Å². The van der Waals surface area contributed by atoms with E-state index in [1.807, 2.05) is 0 Å². The summed E-state index contributed by atoms with van der Waals surface area (Å²) >= 11 is 0. The van der Waals surface area contributed by atoms with E-state index in [9.17, 15) is 0 Å². The van der Waals surface area contributed by atoms with Gasteiger partial charge in [0, 0.05) is 18.6 Å². The minimum Gasteiger partial charge on any atom is -0.392 e. The molecule has 66 valence electrons. The molecular weight excluding hydrogens is 144 g/mol. The smallest absolute Gasteiger partial charge is 0.0679 e. The molecule has 1 heterocycles. The molecule has 0 aliphatic carbocycles. The van der Waals surface area contributed by atoms with Crippen LogP contribution in [0.15, 0.2) is 0 Å². The molecule has 0 aromatic rings. The Morgan fingerprint density at radius 3 is 2.91 bits per heavy atom. The quantitative estimate of drug-likeness (QED) is 0.469. The zero-order valence-corrected chi connectivity index (χ0v) is 6.79. The molecule has 0 amide bonds. The Morgan fingerprint density at radius 2 is 2.45 bits per heavy atom. The van der Waals surface area contributed by atoms with Gasteiger partial charge in [-0.15, -0.1) is 0 Å². The van der Waals surface area contributed by atoms with E-state index in [-0.39, 0.29) is 12.1 Å². The average Bonchev–Trinajstić information content (AvgIpc) is 2.05. The second kappa shape index (κ2) is 4.01. The number of nitrogens with one attached hydrogen (secondary N) is 1. The van der Waals surface area contributed by atoms with Gasteiger partial charge in [-0.2, -0.15) is 0 Å². The Morgan fingerprint density at radius 1 is 1.73 bits per heavy atom. The maximum absolute atomic E-state index is 9.15. The highest BCUT2D eigenvalue weighted by Gasteiger charge is 2.23. The molecule has 4 N–H and O–H groups in total. The third kappa shape index (κ3) is 2.41. The maximum Gasteiger partial charge on any atom is 0.0679 e. The summed E-state index contributed by atoms with van der Waals surface area (Å²) in [6.07, 6.45) is -0.478. The molecule has 4 nitrogen and oxygen atoms in total. The lowest BCUT2D eigenvalue weighted by atomic mass is 10.0. The van der Waals surface area contributed by atoms with E-state index in [1.165, 1.54) is 0 Å². The predicted molar refractivity (Wildman–Crippen MR) is 42.3 cm³/mol. The first-order chi connectivity index (χ1) is 5.22. The largest absolute Gasteiger partial charge is 0.392 e. The molecule has 0 radical (unpaired) electrons. The summed E-state index contributed by atoms with van der Waals surface area (Å²) in [5.41, 5.74) is 5.70.